The first kappa shape index (κ1) is 29.4. The largest absolute Gasteiger partial charge is 0.445 e. The molecule has 214 valence electrons. The molecule has 10 nitrogen and oxygen atoms in total. The van der Waals surface area contributed by atoms with Crippen LogP contribution in [0.15, 0.2) is 63.8 Å². The van der Waals surface area contributed by atoms with Crippen molar-refractivity contribution in [2.75, 3.05) is 7.05 Å². The van der Waals surface area contributed by atoms with Gasteiger partial charge in [0.15, 0.2) is 5.89 Å². The Balaban J connectivity index is 1.43. The van der Waals surface area contributed by atoms with E-state index >= 15 is 0 Å². The first-order chi connectivity index (χ1) is 19.8. The highest BCUT2D eigenvalue weighted by Gasteiger charge is 2.31. The monoisotopic (exact) mass is 555 g/mol. The SMILES string of the molecule is CCCC=C(/C=C\n1cc(-c2ccccc2)nc1C)NC(=O)C(=NC)C(C=N)C(=O)NCc1nc(C2CC2)oc1C. The first-order valence-corrected chi connectivity index (χ1v) is 13.9. The number of hydrogen-bond donors (Lipinski definition) is 3. The fourth-order valence-electron chi connectivity index (χ4n) is 4.26. The van der Waals surface area contributed by atoms with Crippen molar-refractivity contribution in [2.45, 2.75) is 58.9 Å². The minimum Gasteiger partial charge on any atom is -0.445 e. The van der Waals surface area contributed by atoms with Crippen LogP contribution in [0.1, 0.15) is 61.7 Å². The molecule has 1 aromatic carbocycles. The summed E-state index contributed by atoms with van der Waals surface area (Å²) in [5.41, 5.74) is 3.00. The molecule has 1 saturated carbocycles. The van der Waals surface area contributed by atoms with Crippen LogP contribution >= 0.6 is 0 Å². The zero-order chi connectivity index (χ0) is 29.4. The molecule has 2 heterocycles. The van der Waals surface area contributed by atoms with Crippen molar-refractivity contribution in [3.05, 3.63) is 77.5 Å². The topological polar surface area (TPSA) is 138 Å². The van der Waals surface area contributed by atoms with Gasteiger partial charge in [0.1, 0.15) is 28.9 Å². The van der Waals surface area contributed by atoms with E-state index < -0.39 is 17.7 Å². The lowest BCUT2D eigenvalue weighted by atomic mass is 10.0. The van der Waals surface area contributed by atoms with Gasteiger partial charge in [-0.05, 0) is 39.2 Å². The molecule has 41 heavy (non-hydrogen) atoms. The highest BCUT2D eigenvalue weighted by Crippen LogP contribution is 2.40. The molecule has 2 aromatic heterocycles. The number of amides is 2. The molecule has 1 fully saturated rings. The second-order valence-corrected chi connectivity index (χ2v) is 9.96. The quantitative estimate of drug-likeness (QED) is 0.202. The number of imidazole rings is 1. The number of aliphatic imine (C=N–C) groups is 1. The van der Waals surface area contributed by atoms with Crippen molar-refractivity contribution in [3.8, 4) is 11.3 Å². The molecule has 2 amide bonds. The number of benzene rings is 1. The van der Waals surface area contributed by atoms with Crippen molar-refractivity contribution in [2.24, 2.45) is 10.9 Å². The summed E-state index contributed by atoms with van der Waals surface area (Å²) in [7, 11) is 1.44. The summed E-state index contributed by atoms with van der Waals surface area (Å²) in [6.45, 7) is 5.91. The van der Waals surface area contributed by atoms with Crippen molar-refractivity contribution >= 4 is 29.9 Å². The molecular weight excluding hydrogens is 518 g/mol. The number of nitrogens with zero attached hydrogens (tertiary/aromatic N) is 4. The summed E-state index contributed by atoms with van der Waals surface area (Å²) in [5, 5.41) is 13.5. The van der Waals surface area contributed by atoms with Crippen LogP contribution in [0.5, 0.6) is 0 Å². The normalized spacial score (nSPS) is 14.7. The van der Waals surface area contributed by atoms with E-state index in [0.717, 1.165) is 49.0 Å². The van der Waals surface area contributed by atoms with Gasteiger partial charge in [-0.2, -0.15) is 0 Å². The van der Waals surface area contributed by atoms with Gasteiger partial charge < -0.3 is 25.0 Å². The van der Waals surface area contributed by atoms with Gasteiger partial charge in [-0.15, -0.1) is 0 Å². The molecule has 3 N–H and O–H groups in total. The Kier molecular flexibility index (Phi) is 9.78. The second kappa shape index (κ2) is 13.6. The smallest absolute Gasteiger partial charge is 0.270 e. The summed E-state index contributed by atoms with van der Waals surface area (Å²) >= 11 is 0. The van der Waals surface area contributed by atoms with Crippen LogP contribution in [-0.4, -0.2) is 45.3 Å². The Morgan fingerprint density at radius 2 is 1.98 bits per heavy atom. The van der Waals surface area contributed by atoms with Crippen LogP contribution in [0, 0.1) is 25.2 Å². The number of allylic oxidation sites excluding steroid dienone is 2. The second-order valence-electron chi connectivity index (χ2n) is 9.96. The number of unbranched alkanes of at least 4 members (excludes halogenated alkanes) is 1. The Labute approximate surface area is 240 Å². The minimum absolute atomic E-state index is 0.0611. The van der Waals surface area contributed by atoms with Gasteiger partial charge >= 0.3 is 0 Å². The fraction of sp³-hybridized carbons (Fsp3) is 0.355. The van der Waals surface area contributed by atoms with Gasteiger partial charge in [-0.1, -0.05) is 49.8 Å². The molecule has 1 aliphatic carbocycles. The van der Waals surface area contributed by atoms with Gasteiger partial charge in [-0.25, -0.2) is 9.97 Å². The number of nitrogens with one attached hydrogen (secondary N) is 3. The van der Waals surface area contributed by atoms with Gasteiger partial charge in [0.2, 0.25) is 5.91 Å². The average Bonchev–Trinajstić information content (AvgIpc) is 3.67. The van der Waals surface area contributed by atoms with Gasteiger partial charge in [0.05, 0.1) is 12.2 Å². The summed E-state index contributed by atoms with van der Waals surface area (Å²) in [4.78, 5) is 39.5. The van der Waals surface area contributed by atoms with E-state index in [-0.39, 0.29) is 12.3 Å². The number of rotatable bonds is 13. The predicted molar refractivity (Wildman–Crippen MR) is 160 cm³/mol. The molecule has 1 unspecified atom stereocenters. The third-order valence-electron chi connectivity index (χ3n) is 6.80. The van der Waals surface area contributed by atoms with Crippen LogP contribution in [0.25, 0.3) is 17.5 Å². The number of aryl methyl sites for hydroxylation is 2. The van der Waals surface area contributed by atoms with E-state index in [1.807, 2.05) is 74.1 Å². The zero-order valence-electron chi connectivity index (χ0n) is 24.0. The lowest BCUT2D eigenvalue weighted by Crippen LogP contribution is -2.43. The Bertz CT molecular complexity index is 1480. The molecule has 10 heteroatoms. The third kappa shape index (κ3) is 7.53. The first-order valence-electron chi connectivity index (χ1n) is 13.9. The summed E-state index contributed by atoms with van der Waals surface area (Å²) in [5.74, 6) is 0.296. The molecule has 0 aliphatic heterocycles. The lowest BCUT2D eigenvalue weighted by molar-refractivity contribution is -0.122. The Morgan fingerprint density at radius 3 is 2.63 bits per heavy atom. The van der Waals surface area contributed by atoms with Gasteiger partial charge in [0, 0.05) is 42.8 Å². The molecule has 4 rings (SSSR count). The molecular formula is C31H37N7O3. The Morgan fingerprint density at radius 1 is 1.22 bits per heavy atom. The van der Waals surface area contributed by atoms with Crippen molar-refractivity contribution < 1.29 is 14.0 Å². The standard InChI is InChI=1S/C31H37N7O3/c1-5-6-12-24(15-16-38-19-27(35-21(38)3)22-10-8-7-9-11-22)36-30(40)28(33-4)25(17-32)29(39)34-18-26-20(2)41-31(37-26)23-13-14-23/h7-12,15-17,19,23,25,32H,5-6,13-14,18H2,1-4H3,(H,34,39)(H,36,40)/b16-15-,24-12?,32-17?,33-28?. The summed E-state index contributed by atoms with van der Waals surface area (Å²) < 4.78 is 7.60. The number of carbonyl (C=O) groups excluding carboxylic acids is 2. The van der Waals surface area contributed by atoms with Crippen LogP contribution in [0.3, 0.4) is 0 Å². The minimum atomic E-state index is -1.16. The maximum absolute atomic E-state index is 13.3. The maximum Gasteiger partial charge on any atom is 0.270 e. The molecule has 3 aromatic rings. The summed E-state index contributed by atoms with van der Waals surface area (Å²) in [6, 6.07) is 9.90. The van der Waals surface area contributed by atoms with Crippen LogP contribution < -0.4 is 10.6 Å². The molecule has 0 bridgehead atoms. The van der Waals surface area contributed by atoms with E-state index in [4.69, 9.17) is 9.83 Å². The van der Waals surface area contributed by atoms with E-state index in [0.29, 0.717) is 29.0 Å². The molecule has 0 spiro atoms. The van der Waals surface area contributed by atoms with E-state index in [2.05, 4.69) is 25.6 Å². The van der Waals surface area contributed by atoms with Gasteiger partial charge in [0.25, 0.3) is 5.91 Å². The molecule has 1 aliphatic rings. The van der Waals surface area contributed by atoms with E-state index in [1.165, 1.54) is 7.05 Å². The molecule has 1 atom stereocenters. The maximum atomic E-state index is 13.3. The fourth-order valence-corrected chi connectivity index (χ4v) is 4.26. The Hall–Kier alpha value is -4.60. The highest BCUT2D eigenvalue weighted by molar-refractivity contribution is 6.46. The highest BCUT2D eigenvalue weighted by atomic mass is 16.4. The lowest BCUT2D eigenvalue weighted by Gasteiger charge is -2.15. The number of aromatic nitrogens is 3. The average molecular weight is 556 g/mol. The predicted octanol–water partition coefficient (Wildman–Crippen LogP) is 4.96. The van der Waals surface area contributed by atoms with Crippen LogP contribution in [0.2, 0.25) is 0 Å². The number of oxazole rings is 1. The van der Waals surface area contributed by atoms with E-state index in [9.17, 15) is 9.59 Å². The molecule has 0 radical (unpaired) electrons. The third-order valence-corrected chi connectivity index (χ3v) is 6.80. The van der Waals surface area contributed by atoms with Crippen LogP contribution in [0.4, 0.5) is 0 Å². The van der Waals surface area contributed by atoms with Crippen molar-refractivity contribution in [1.82, 2.24) is 25.2 Å². The molecule has 0 saturated heterocycles. The van der Waals surface area contributed by atoms with E-state index in [1.54, 1.807) is 6.08 Å². The van der Waals surface area contributed by atoms with Crippen molar-refractivity contribution in [1.29, 1.82) is 5.41 Å². The number of hydrogen-bond acceptors (Lipinski definition) is 7. The van der Waals surface area contributed by atoms with Gasteiger partial charge in [-0.3, -0.25) is 14.6 Å². The van der Waals surface area contributed by atoms with Crippen molar-refractivity contribution in [3.63, 3.8) is 0 Å². The summed E-state index contributed by atoms with van der Waals surface area (Å²) in [6.07, 6.45) is 12.1. The van der Waals surface area contributed by atoms with Crippen LogP contribution in [-0.2, 0) is 16.1 Å². The number of carbonyl (C=O) groups is 2. The zero-order valence-corrected chi connectivity index (χ0v) is 24.0.